The summed E-state index contributed by atoms with van der Waals surface area (Å²) in [6.07, 6.45) is -0.502. The summed E-state index contributed by atoms with van der Waals surface area (Å²) in [5, 5.41) is 19.2. The lowest BCUT2D eigenvalue weighted by molar-refractivity contribution is -0.141. The van der Waals surface area contributed by atoms with Crippen LogP contribution in [0.15, 0.2) is 12.1 Å². The lowest BCUT2D eigenvalue weighted by Crippen LogP contribution is -2.12. The molecule has 5 nitrogen and oxygen atoms in total. The Kier molecular flexibility index (Phi) is 4.09. The second-order valence-corrected chi connectivity index (χ2v) is 3.53. The predicted molar refractivity (Wildman–Crippen MR) is 60.1 cm³/mol. The van der Waals surface area contributed by atoms with Crippen molar-refractivity contribution in [3.63, 3.8) is 0 Å². The van der Waals surface area contributed by atoms with E-state index in [0.29, 0.717) is 5.56 Å². The van der Waals surface area contributed by atoms with Gasteiger partial charge in [-0.2, -0.15) is 0 Å². The van der Waals surface area contributed by atoms with Gasteiger partial charge in [0.1, 0.15) is 23.5 Å². The number of aryl methyl sites for hydroxylation is 1. The summed E-state index contributed by atoms with van der Waals surface area (Å²) < 4.78 is 4.62. The maximum atomic E-state index is 11.7. The lowest BCUT2D eigenvalue weighted by atomic mass is 10.0. The Morgan fingerprint density at radius 2 is 1.94 bits per heavy atom. The largest absolute Gasteiger partial charge is 0.507 e. The van der Waals surface area contributed by atoms with Crippen LogP contribution in [0.1, 0.15) is 29.3 Å². The molecule has 92 valence electrons. The van der Waals surface area contributed by atoms with Gasteiger partial charge in [-0.3, -0.25) is 9.59 Å². The molecule has 0 atom stereocenters. The van der Waals surface area contributed by atoms with Gasteiger partial charge in [-0.1, -0.05) is 6.07 Å². The Morgan fingerprint density at radius 1 is 1.29 bits per heavy atom. The maximum absolute atomic E-state index is 11.7. The zero-order valence-electron chi connectivity index (χ0n) is 9.69. The highest BCUT2D eigenvalue weighted by atomic mass is 16.5. The third-order valence-corrected chi connectivity index (χ3v) is 2.25. The summed E-state index contributed by atoms with van der Waals surface area (Å²) in [6.45, 7) is 3.40. The van der Waals surface area contributed by atoms with Crippen LogP contribution in [0, 0.1) is 6.92 Å². The van der Waals surface area contributed by atoms with Crippen LogP contribution in [-0.4, -0.2) is 28.6 Å². The van der Waals surface area contributed by atoms with Crippen molar-refractivity contribution in [1.29, 1.82) is 0 Å². The summed E-state index contributed by atoms with van der Waals surface area (Å²) in [4.78, 5) is 22.8. The monoisotopic (exact) mass is 238 g/mol. The molecule has 17 heavy (non-hydrogen) atoms. The van der Waals surface area contributed by atoms with Gasteiger partial charge in [-0.15, -0.1) is 0 Å². The molecule has 0 amide bonds. The highest BCUT2D eigenvalue weighted by Gasteiger charge is 2.21. The number of benzene rings is 1. The molecular weight excluding hydrogens is 224 g/mol. The number of aromatic hydroxyl groups is 2. The van der Waals surface area contributed by atoms with Gasteiger partial charge in [0.15, 0.2) is 5.78 Å². The molecule has 1 aromatic rings. The van der Waals surface area contributed by atoms with Crippen LogP contribution in [0.3, 0.4) is 0 Å². The van der Waals surface area contributed by atoms with E-state index >= 15 is 0 Å². The topological polar surface area (TPSA) is 83.8 Å². The molecule has 0 aromatic heterocycles. The number of Topliss-reactive ketones (excluding diaryl/α,β-unsaturated/α-hetero) is 1. The fourth-order valence-corrected chi connectivity index (χ4v) is 1.39. The highest BCUT2D eigenvalue weighted by Crippen LogP contribution is 2.31. The van der Waals surface area contributed by atoms with Gasteiger partial charge in [0.25, 0.3) is 0 Å². The highest BCUT2D eigenvalue weighted by molar-refractivity contribution is 6.09. The predicted octanol–water partition coefficient (Wildman–Crippen LogP) is 1.54. The van der Waals surface area contributed by atoms with Crippen molar-refractivity contribution >= 4 is 11.8 Å². The molecule has 5 heteroatoms. The van der Waals surface area contributed by atoms with Crippen molar-refractivity contribution in [3.8, 4) is 11.5 Å². The standard InChI is InChI=1S/C12H14O5/c1-3-17-10(15)6-9(14)11-8(13)5-4-7(2)12(11)16/h4-5,13,16H,3,6H2,1-2H3. The Labute approximate surface area is 98.6 Å². The Hall–Kier alpha value is -2.04. The number of phenolic OH excluding ortho intramolecular Hbond substituents is 2. The van der Waals surface area contributed by atoms with E-state index in [1.54, 1.807) is 13.8 Å². The first-order chi connectivity index (χ1) is 7.97. The summed E-state index contributed by atoms with van der Waals surface area (Å²) >= 11 is 0. The fourth-order valence-electron chi connectivity index (χ4n) is 1.39. The van der Waals surface area contributed by atoms with Crippen LogP contribution in [-0.2, 0) is 9.53 Å². The van der Waals surface area contributed by atoms with Crippen LogP contribution in [0.4, 0.5) is 0 Å². The van der Waals surface area contributed by atoms with Crippen LogP contribution >= 0.6 is 0 Å². The first-order valence-electron chi connectivity index (χ1n) is 5.17. The Morgan fingerprint density at radius 3 is 2.53 bits per heavy atom. The van der Waals surface area contributed by atoms with E-state index in [9.17, 15) is 19.8 Å². The van der Waals surface area contributed by atoms with Gasteiger partial charge in [0.05, 0.1) is 6.61 Å². The van der Waals surface area contributed by atoms with Gasteiger partial charge in [0, 0.05) is 0 Å². The molecule has 0 aliphatic rings. The first kappa shape index (κ1) is 13.0. The summed E-state index contributed by atoms with van der Waals surface area (Å²) in [6, 6.07) is 2.78. The van der Waals surface area contributed by atoms with Crippen molar-refractivity contribution in [3.05, 3.63) is 23.3 Å². The minimum Gasteiger partial charge on any atom is -0.507 e. The van der Waals surface area contributed by atoms with Crippen molar-refractivity contribution in [1.82, 2.24) is 0 Å². The molecule has 0 saturated carbocycles. The molecule has 0 unspecified atom stereocenters. The molecule has 0 radical (unpaired) electrons. The lowest BCUT2D eigenvalue weighted by Gasteiger charge is -2.08. The quantitative estimate of drug-likeness (QED) is 0.472. The van der Waals surface area contributed by atoms with Crippen molar-refractivity contribution < 1.29 is 24.5 Å². The van der Waals surface area contributed by atoms with Gasteiger partial charge >= 0.3 is 5.97 Å². The van der Waals surface area contributed by atoms with Crippen LogP contribution in [0.2, 0.25) is 0 Å². The normalized spacial score (nSPS) is 10.0. The zero-order chi connectivity index (χ0) is 13.0. The SMILES string of the molecule is CCOC(=O)CC(=O)c1c(O)ccc(C)c1O. The molecule has 0 saturated heterocycles. The van der Waals surface area contributed by atoms with Crippen molar-refractivity contribution in [2.75, 3.05) is 6.61 Å². The second kappa shape index (κ2) is 5.34. The van der Waals surface area contributed by atoms with E-state index in [1.807, 2.05) is 0 Å². The maximum Gasteiger partial charge on any atom is 0.313 e. The van der Waals surface area contributed by atoms with Crippen molar-refractivity contribution in [2.24, 2.45) is 0 Å². The first-order valence-corrected chi connectivity index (χ1v) is 5.17. The van der Waals surface area contributed by atoms with E-state index in [-0.39, 0.29) is 23.7 Å². The molecule has 2 N–H and O–H groups in total. The molecule has 1 rings (SSSR count). The van der Waals surface area contributed by atoms with E-state index in [1.165, 1.54) is 12.1 Å². The zero-order valence-corrected chi connectivity index (χ0v) is 9.69. The number of hydrogen-bond donors (Lipinski definition) is 2. The number of hydrogen-bond acceptors (Lipinski definition) is 5. The number of carbonyl (C=O) groups excluding carboxylic acids is 2. The molecule has 0 fully saturated rings. The third-order valence-electron chi connectivity index (χ3n) is 2.25. The van der Waals surface area contributed by atoms with Crippen LogP contribution < -0.4 is 0 Å². The fraction of sp³-hybridized carbons (Fsp3) is 0.333. The average molecular weight is 238 g/mol. The van der Waals surface area contributed by atoms with Gasteiger partial charge < -0.3 is 14.9 Å². The summed E-state index contributed by atoms with van der Waals surface area (Å²) in [7, 11) is 0. The molecule has 1 aromatic carbocycles. The van der Waals surface area contributed by atoms with E-state index in [4.69, 9.17) is 0 Å². The Balaban J connectivity index is 2.97. The number of ether oxygens (including phenoxy) is 1. The summed E-state index contributed by atoms with van der Waals surface area (Å²) in [5.74, 6) is -2.00. The van der Waals surface area contributed by atoms with Crippen LogP contribution in [0.25, 0.3) is 0 Å². The molecule has 0 heterocycles. The van der Waals surface area contributed by atoms with E-state index in [0.717, 1.165) is 0 Å². The number of phenols is 2. The number of esters is 1. The van der Waals surface area contributed by atoms with E-state index < -0.39 is 18.2 Å². The number of ketones is 1. The molecular formula is C12H14O5. The molecule has 0 bridgehead atoms. The van der Waals surface area contributed by atoms with Gasteiger partial charge in [0.2, 0.25) is 0 Å². The summed E-state index contributed by atoms with van der Waals surface area (Å²) in [5.41, 5.74) is 0.216. The van der Waals surface area contributed by atoms with Gasteiger partial charge in [-0.25, -0.2) is 0 Å². The molecule has 0 spiro atoms. The minimum absolute atomic E-state index is 0.178. The minimum atomic E-state index is -0.683. The number of rotatable bonds is 4. The molecule has 0 aliphatic carbocycles. The molecule has 0 aliphatic heterocycles. The van der Waals surface area contributed by atoms with Gasteiger partial charge in [-0.05, 0) is 25.5 Å². The second-order valence-electron chi connectivity index (χ2n) is 3.53. The smallest absolute Gasteiger partial charge is 0.313 e. The third kappa shape index (κ3) is 2.96. The number of carbonyl (C=O) groups is 2. The average Bonchev–Trinajstić information content (AvgIpc) is 2.24. The van der Waals surface area contributed by atoms with Crippen LogP contribution in [0.5, 0.6) is 11.5 Å². The van der Waals surface area contributed by atoms with E-state index in [2.05, 4.69) is 4.74 Å². The van der Waals surface area contributed by atoms with Crippen molar-refractivity contribution in [2.45, 2.75) is 20.3 Å². The Bertz CT molecular complexity index is 450.